The van der Waals surface area contributed by atoms with Gasteiger partial charge in [-0.05, 0) is 0 Å². The Labute approximate surface area is 117 Å². The summed E-state index contributed by atoms with van der Waals surface area (Å²) in [7, 11) is 1.48. The first-order valence-corrected chi connectivity index (χ1v) is 6.44. The van der Waals surface area contributed by atoms with Gasteiger partial charge in [0.15, 0.2) is 11.3 Å². The Balaban J connectivity index is 2.29. The molecule has 2 heterocycles. The highest BCUT2D eigenvalue weighted by Gasteiger charge is 2.23. The molecule has 0 bridgehead atoms. The van der Waals surface area contributed by atoms with Gasteiger partial charge in [0, 0.05) is 17.2 Å². The van der Waals surface area contributed by atoms with Gasteiger partial charge < -0.3 is 15.0 Å². The van der Waals surface area contributed by atoms with Crippen LogP contribution in [0.15, 0.2) is 9.79 Å². The average Bonchev–Trinajstić information content (AvgIpc) is 2.84. The van der Waals surface area contributed by atoms with Gasteiger partial charge in [-0.25, -0.2) is 0 Å². The molecule has 6 heteroatoms. The molecule has 0 aromatic carbocycles. The van der Waals surface area contributed by atoms with Gasteiger partial charge in [0.25, 0.3) is 0 Å². The zero-order valence-corrected chi connectivity index (χ0v) is 12.2. The summed E-state index contributed by atoms with van der Waals surface area (Å²) in [4.78, 5) is 31.4. The van der Waals surface area contributed by atoms with E-state index in [0.29, 0.717) is 29.2 Å². The molecule has 0 atom stereocenters. The van der Waals surface area contributed by atoms with Crippen molar-refractivity contribution in [2.75, 3.05) is 7.11 Å². The van der Waals surface area contributed by atoms with Gasteiger partial charge in [-0.1, -0.05) is 20.8 Å². The lowest BCUT2D eigenvalue weighted by atomic mass is 9.95. The number of aromatic nitrogens is 1. The van der Waals surface area contributed by atoms with Crippen LogP contribution >= 0.6 is 0 Å². The normalized spacial score (nSPS) is 13.2. The van der Waals surface area contributed by atoms with E-state index < -0.39 is 5.41 Å². The van der Waals surface area contributed by atoms with Crippen LogP contribution in [0.5, 0.6) is 5.88 Å². The number of hydrogen-bond donors (Lipinski definition) is 2. The third-order valence-electron chi connectivity index (χ3n) is 3.18. The smallest absolute Gasteiger partial charge is 0.225 e. The first-order valence-electron chi connectivity index (χ1n) is 6.44. The Morgan fingerprint density at radius 3 is 2.80 bits per heavy atom. The van der Waals surface area contributed by atoms with E-state index in [1.165, 1.54) is 7.11 Å². The number of methoxy groups -OCH3 is 1. The summed E-state index contributed by atoms with van der Waals surface area (Å²) in [5, 5.41) is 2.77. The van der Waals surface area contributed by atoms with Crippen LogP contribution in [0.1, 0.15) is 37.6 Å². The number of ether oxygens (including phenoxy) is 1. The zero-order valence-electron chi connectivity index (χ0n) is 12.2. The first-order chi connectivity index (χ1) is 9.34. The minimum Gasteiger partial charge on any atom is -0.482 e. The number of carbonyl (C=O) groups is 1. The molecule has 108 valence electrons. The van der Waals surface area contributed by atoms with Crippen LogP contribution in [0.25, 0.3) is 0 Å². The highest BCUT2D eigenvalue weighted by molar-refractivity contribution is 5.83. The van der Waals surface area contributed by atoms with Crippen LogP contribution in [0.4, 0.5) is 0 Å². The molecule has 0 fully saturated rings. The lowest BCUT2D eigenvalue weighted by Crippen LogP contribution is -2.36. The minimum atomic E-state index is -0.500. The highest BCUT2D eigenvalue weighted by atomic mass is 16.5. The lowest BCUT2D eigenvalue weighted by molar-refractivity contribution is -0.128. The second-order valence-electron chi connectivity index (χ2n) is 5.76. The van der Waals surface area contributed by atoms with E-state index in [0.717, 1.165) is 0 Å². The molecule has 0 saturated heterocycles. The number of nitrogens with one attached hydrogen (secondary N) is 2. The van der Waals surface area contributed by atoms with E-state index in [9.17, 15) is 9.59 Å². The number of pyridine rings is 1. The number of amides is 1. The summed E-state index contributed by atoms with van der Waals surface area (Å²) in [6, 6.07) is 0. The molecule has 1 aliphatic rings. The summed E-state index contributed by atoms with van der Waals surface area (Å²) in [6.07, 6.45) is 1.62. The monoisotopic (exact) mass is 277 g/mol. The molecule has 1 aliphatic heterocycles. The summed E-state index contributed by atoms with van der Waals surface area (Å²) >= 11 is 0. The highest BCUT2D eigenvalue weighted by Crippen LogP contribution is 2.18. The average molecular weight is 277 g/mol. The van der Waals surface area contributed by atoms with Crippen molar-refractivity contribution in [3.05, 3.63) is 27.0 Å². The fourth-order valence-electron chi connectivity index (χ4n) is 1.94. The number of hydrogen-bond acceptors (Lipinski definition) is 4. The van der Waals surface area contributed by atoms with Crippen molar-refractivity contribution < 1.29 is 9.53 Å². The van der Waals surface area contributed by atoms with Crippen molar-refractivity contribution >= 4 is 12.1 Å². The van der Waals surface area contributed by atoms with Crippen molar-refractivity contribution in [2.45, 2.75) is 33.9 Å². The van der Waals surface area contributed by atoms with Crippen molar-refractivity contribution in [3.63, 3.8) is 0 Å². The largest absolute Gasteiger partial charge is 0.482 e. The molecule has 2 rings (SSSR count). The third-order valence-corrected chi connectivity index (χ3v) is 3.18. The van der Waals surface area contributed by atoms with E-state index in [2.05, 4.69) is 15.3 Å². The fourth-order valence-corrected chi connectivity index (χ4v) is 1.94. The van der Waals surface area contributed by atoms with Crippen LogP contribution in [-0.2, 0) is 17.9 Å². The van der Waals surface area contributed by atoms with Gasteiger partial charge in [0.1, 0.15) is 0 Å². The number of fused-ring (bicyclic) bond motifs is 1. The van der Waals surface area contributed by atoms with Crippen molar-refractivity contribution in [3.8, 4) is 5.88 Å². The predicted octanol–water partition coefficient (Wildman–Crippen LogP) is 0.978. The Kier molecular flexibility index (Phi) is 3.65. The molecule has 0 saturated carbocycles. The van der Waals surface area contributed by atoms with Gasteiger partial charge in [0.05, 0.1) is 31.5 Å². The van der Waals surface area contributed by atoms with Gasteiger partial charge in [-0.15, -0.1) is 0 Å². The zero-order chi connectivity index (χ0) is 14.9. The second kappa shape index (κ2) is 5.11. The van der Waals surface area contributed by atoms with E-state index in [4.69, 9.17) is 4.74 Å². The molecule has 1 amide bonds. The number of aromatic amines is 1. The summed E-state index contributed by atoms with van der Waals surface area (Å²) in [6.45, 7) is 5.97. The van der Waals surface area contributed by atoms with Crippen molar-refractivity contribution in [1.29, 1.82) is 0 Å². The standard InChI is InChI=1S/C14H19N3O3/c1-14(2,3)13(19)16-6-9-11(18)8-5-15-7-10(8)17-12(9)20-4/h7H,5-6H2,1-4H3,(H,16,19)(H,17,18). The molecule has 1 aromatic heterocycles. The van der Waals surface area contributed by atoms with Crippen molar-refractivity contribution in [1.82, 2.24) is 10.3 Å². The van der Waals surface area contributed by atoms with Crippen molar-refractivity contribution in [2.24, 2.45) is 10.4 Å². The maximum Gasteiger partial charge on any atom is 0.225 e. The summed E-state index contributed by atoms with van der Waals surface area (Å²) < 4.78 is 5.20. The Bertz CT molecular complexity index is 624. The van der Waals surface area contributed by atoms with Gasteiger partial charge >= 0.3 is 0 Å². The van der Waals surface area contributed by atoms with Crippen LogP contribution in [0.2, 0.25) is 0 Å². The van der Waals surface area contributed by atoms with Gasteiger partial charge in [-0.2, -0.15) is 0 Å². The van der Waals surface area contributed by atoms with E-state index in [-0.39, 0.29) is 17.9 Å². The van der Waals surface area contributed by atoms with Gasteiger partial charge in [0.2, 0.25) is 5.91 Å². The predicted molar refractivity (Wildman–Crippen MR) is 76.2 cm³/mol. The summed E-state index contributed by atoms with van der Waals surface area (Å²) in [5.41, 5.74) is 1.10. The SMILES string of the molecule is COc1[nH]c2c(c(=O)c1CNC(=O)C(C)(C)C)CN=C2. The molecule has 0 unspecified atom stereocenters. The van der Waals surface area contributed by atoms with Crippen LogP contribution in [0.3, 0.4) is 0 Å². The lowest BCUT2D eigenvalue weighted by Gasteiger charge is -2.18. The number of rotatable bonds is 3. The Morgan fingerprint density at radius 2 is 2.20 bits per heavy atom. The number of H-pyrrole nitrogens is 1. The van der Waals surface area contributed by atoms with Crippen LogP contribution in [-0.4, -0.2) is 24.2 Å². The van der Waals surface area contributed by atoms with Crippen LogP contribution in [0, 0.1) is 5.41 Å². The topological polar surface area (TPSA) is 83.5 Å². The van der Waals surface area contributed by atoms with Gasteiger partial charge in [-0.3, -0.25) is 14.6 Å². The number of aliphatic imine (C=N–C) groups is 1. The first kappa shape index (κ1) is 14.3. The van der Waals surface area contributed by atoms with E-state index in [1.807, 2.05) is 20.8 Å². The number of nitrogens with zero attached hydrogens (tertiary/aromatic N) is 1. The molecular weight excluding hydrogens is 258 g/mol. The molecule has 20 heavy (non-hydrogen) atoms. The molecule has 0 aliphatic carbocycles. The minimum absolute atomic E-state index is 0.115. The molecule has 1 aromatic rings. The molecule has 0 radical (unpaired) electrons. The third kappa shape index (κ3) is 2.59. The molecule has 2 N–H and O–H groups in total. The molecule has 0 spiro atoms. The Morgan fingerprint density at radius 1 is 1.50 bits per heavy atom. The van der Waals surface area contributed by atoms with Crippen LogP contribution < -0.4 is 15.5 Å². The molecular formula is C14H19N3O3. The number of carbonyl (C=O) groups excluding carboxylic acids is 1. The summed E-state index contributed by atoms with van der Waals surface area (Å²) in [5.74, 6) is 0.256. The molecule has 6 nitrogen and oxygen atoms in total. The maximum absolute atomic E-state index is 12.4. The second-order valence-corrected chi connectivity index (χ2v) is 5.76. The van der Waals surface area contributed by atoms with E-state index >= 15 is 0 Å². The maximum atomic E-state index is 12.4. The fraction of sp³-hybridized carbons (Fsp3) is 0.500. The quantitative estimate of drug-likeness (QED) is 0.863. The Hall–Kier alpha value is -2.11. The van der Waals surface area contributed by atoms with E-state index in [1.54, 1.807) is 6.21 Å².